The Morgan fingerprint density at radius 1 is 1.04 bits per heavy atom. The van der Waals surface area contributed by atoms with Crippen LogP contribution in [0.25, 0.3) is 11.0 Å². The highest BCUT2D eigenvalue weighted by Gasteiger charge is 2.35. The number of nitrogens with zero attached hydrogens (tertiary/aromatic N) is 4. The first-order chi connectivity index (χ1) is 12.4. The molecule has 1 unspecified atom stereocenters. The monoisotopic (exact) mass is 366 g/mol. The molecule has 0 saturated heterocycles. The number of rotatable bonds is 3. The second-order valence-corrected chi connectivity index (χ2v) is 8.29. The van der Waals surface area contributed by atoms with Crippen LogP contribution in [0.5, 0.6) is 0 Å². The van der Waals surface area contributed by atoms with Gasteiger partial charge in [-0.2, -0.15) is 9.52 Å². The van der Waals surface area contributed by atoms with Gasteiger partial charge in [0.1, 0.15) is 6.04 Å². The van der Waals surface area contributed by atoms with Gasteiger partial charge in [-0.25, -0.2) is 13.4 Å². The summed E-state index contributed by atoms with van der Waals surface area (Å²) in [6, 6.07) is 14.9. The molecule has 0 spiro atoms. The molecule has 2 heterocycles. The minimum absolute atomic E-state index is 0.461. The molecule has 0 radical (unpaired) electrons. The number of sulfonamides is 1. The van der Waals surface area contributed by atoms with E-state index in [2.05, 4.69) is 15.1 Å². The van der Waals surface area contributed by atoms with Crippen LogP contribution in [0.2, 0.25) is 0 Å². The first kappa shape index (κ1) is 16.7. The molecular weight excluding hydrogens is 348 g/mol. The number of hydrazone groups is 1. The molecule has 7 heteroatoms. The highest BCUT2D eigenvalue weighted by atomic mass is 32.2. The zero-order valence-electron chi connectivity index (χ0n) is 14.5. The molecule has 0 aliphatic carbocycles. The van der Waals surface area contributed by atoms with E-state index in [0.717, 1.165) is 38.5 Å². The van der Waals surface area contributed by atoms with Gasteiger partial charge in [-0.15, -0.1) is 0 Å². The van der Waals surface area contributed by atoms with E-state index in [9.17, 15) is 8.42 Å². The Kier molecular flexibility index (Phi) is 3.96. The van der Waals surface area contributed by atoms with Crippen molar-refractivity contribution in [3.05, 3.63) is 71.5 Å². The predicted octanol–water partition coefficient (Wildman–Crippen LogP) is 3.05. The number of aromatic nitrogens is 2. The second kappa shape index (κ2) is 6.17. The van der Waals surface area contributed by atoms with Gasteiger partial charge in [0.05, 0.1) is 34.9 Å². The van der Waals surface area contributed by atoms with Crippen LogP contribution in [-0.4, -0.2) is 34.8 Å². The standard InChI is InChI=1S/C19H18N4O2S/c1-13-7-9-14(10-8-13)17-11-19(23(22-17)26(2,24)25)18-12-20-15-5-3-4-6-16(15)21-18/h3-10,12,19H,11H2,1-2H3. The van der Waals surface area contributed by atoms with E-state index in [1.54, 1.807) is 6.20 Å². The van der Waals surface area contributed by atoms with Gasteiger partial charge < -0.3 is 0 Å². The van der Waals surface area contributed by atoms with Crippen LogP contribution in [0.4, 0.5) is 0 Å². The summed E-state index contributed by atoms with van der Waals surface area (Å²) in [6.45, 7) is 2.01. The van der Waals surface area contributed by atoms with Crippen LogP contribution in [0.3, 0.4) is 0 Å². The minimum atomic E-state index is -3.52. The lowest BCUT2D eigenvalue weighted by Crippen LogP contribution is -2.26. The zero-order valence-corrected chi connectivity index (χ0v) is 15.3. The Balaban J connectivity index is 1.76. The molecule has 0 amide bonds. The van der Waals surface area contributed by atoms with Crippen LogP contribution in [0, 0.1) is 6.92 Å². The summed E-state index contributed by atoms with van der Waals surface area (Å²) in [7, 11) is -3.52. The Hall–Kier alpha value is -2.80. The average Bonchev–Trinajstić information content (AvgIpc) is 3.08. The van der Waals surface area contributed by atoms with E-state index in [1.165, 1.54) is 0 Å². The van der Waals surface area contributed by atoms with E-state index < -0.39 is 16.1 Å². The fourth-order valence-corrected chi connectivity index (χ4v) is 3.96. The van der Waals surface area contributed by atoms with Crippen LogP contribution in [-0.2, 0) is 10.0 Å². The predicted molar refractivity (Wildman–Crippen MR) is 101 cm³/mol. The molecule has 2 aromatic carbocycles. The van der Waals surface area contributed by atoms with Crippen LogP contribution < -0.4 is 0 Å². The summed E-state index contributed by atoms with van der Waals surface area (Å²) < 4.78 is 25.7. The topological polar surface area (TPSA) is 75.5 Å². The molecule has 0 saturated carbocycles. The summed E-state index contributed by atoms with van der Waals surface area (Å²) in [5, 5.41) is 4.39. The van der Waals surface area contributed by atoms with E-state index in [0.29, 0.717) is 12.1 Å². The van der Waals surface area contributed by atoms with Gasteiger partial charge in [-0.05, 0) is 24.6 Å². The Morgan fingerprint density at radius 3 is 2.42 bits per heavy atom. The lowest BCUT2D eigenvalue weighted by Gasteiger charge is -2.20. The fraction of sp³-hybridized carbons (Fsp3) is 0.211. The highest BCUT2D eigenvalue weighted by molar-refractivity contribution is 7.88. The summed E-state index contributed by atoms with van der Waals surface area (Å²) in [5.41, 5.74) is 4.90. The maximum absolute atomic E-state index is 12.3. The SMILES string of the molecule is Cc1ccc(C2=NN(S(C)(=O)=O)C(c3cnc4ccccc4n3)C2)cc1. The second-order valence-electron chi connectivity index (χ2n) is 6.45. The zero-order chi connectivity index (χ0) is 18.3. The van der Waals surface area contributed by atoms with Gasteiger partial charge in [0.25, 0.3) is 0 Å². The van der Waals surface area contributed by atoms with Gasteiger partial charge in [-0.1, -0.05) is 42.0 Å². The third kappa shape index (κ3) is 3.06. The minimum Gasteiger partial charge on any atom is -0.253 e. The highest BCUT2D eigenvalue weighted by Crippen LogP contribution is 2.33. The molecule has 4 rings (SSSR count). The van der Waals surface area contributed by atoms with Crippen LogP contribution in [0.1, 0.15) is 29.3 Å². The molecule has 0 N–H and O–H groups in total. The molecule has 3 aromatic rings. The molecular formula is C19H18N4O2S. The lowest BCUT2D eigenvalue weighted by atomic mass is 10.0. The van der Waals surface area contributed by atoms with Crippen molar-refractivity contribution in [3.8, 4) is 0 Å². The molecule has 6 nitrogen and oxygen atoms in total. The number of hydrogen-bond donors (Lipinski definition) is 0. The number of benzene rings is 2. The molecule has 0 fully saturated rings. The lowest BCUT2D eigenvalue weighted by molar-refractivity contribution is 0.368. The summed E-state index contributed by atoms with van der Waals surface area (Å²) in [6.07, 6.45) is 3.26. The number of hydrogen-bond acceptors (Lipinski definition) is 5. The quantitative estimate of drug-likeness (QED) is 0.714. The van der Waals surface area contributed by atoms with Crippen molar-refractivity contribution in [2.24, 2.45) is 5.10 Å². The van der Waals surface area contributed by atoms with Crippen molar-refractivity contribution >= 4 is 26.8 Å². The molecule has 1 atom stereocenters. The van der Waals surface area contributed by atoms with E-state index in [1.807, 2.05) is 55.5 Å². The average molecular weight is 366 g/mol. The van der Waals surface area contributed by atoms with Crippen molar-refractivity contribution < 1.29 is 8.42 Å². The Bertz CT molecular complexity index is 1110. The van der Waals surface area contributed by atoms with Crippen LogP contribution >= 0.6 is 0 Å². The normalized spacial score (nSPS) is 17.5. The van der Waals surface area contributed by atoms with Gasteiger partial charge >= 0.3 is 0 Å². The molecule has 0 bridgehead atoms. The largest absolute Gasteiger partial charge is 0.253 e. The summed E-state index contributed by atoms with van der Waals surface area (Å²) >= 11 is 0. The maximum Gasteiger partial charge on any atom is 0.247 e. The van der Waals surface area contributed by atoms with Gasteiger partial charge in [-0.3, -0.25) is 4.98 Å². The fourth-order valence-electron chi connectivity index (χ4n) is 3.07. The van der Waals surface area contributed by atoms with E-state index in [4.69, 9.17) is 0 Å². The number of aryl methyl sites for hydroxylation is 1. The number of fused-ring (bicyclic) bond motifs is 1. The summed E-state index contributed by atoms with van der Waals surface area (Å²) in [4.78, 5) is 9.04. The first-order valence-corrected chi connectivity index (χ1v) is 10.1. The molecule has 1 aliphatic rings. The van der Waals surface area contributed by atoms with Crippen LogP contribution in [0.15, 0.2) is 59.8 Å². The third-order valence-corrected chi connectivity index (χ3v) is 5.42. The molecule has 1 aromatic heterocycles. The summed E-state index contributed by atoms with van der Waals surface area (Å²) in [5.74, 6) is 0. The van der Waals surface area contributed by atoms with Gasteiger partial charge in [0, 0.05) is 6.42 Å². The maximum atomic E-state index is 12.3. The van der Waals surface area contributed by atoms with Crippen molar-refractivity contribution in [1.82, 2.24) is 14.4 Å². The molecule has 1 aliphatic heterocycles. The van der Waals surface area contributed by atoms with Crippen molar-refractivity contribution in [3.63, 3.8) is 0 Å². The third-order valence-electron chi connectivity index (χ3n) is 4.41. The van der Waals surface area contributed by atoms with Gasteiger partial charge in [0.15, 0.2) is 0 Å². The van der Waals surface area contributed by atoms with Crippen molar-refractivity contribution in [2.45, 2.75) is 19.4 Å². The van der Waals surface area contributed by atoms with Crippen molar-refractivity contribution in [2.75, 3.05) is 6.26 Å². The van der Waals surface area contributed by atoms with Crippen molar-refractivity contribution in [1.29, 1.82) is 0 Å². The Labute approximate surface area is 152 Å². The smallest absolute Gasteiger partial charge is 0.247 e. The van der Waals surface area contributed by atoms with E-state index >= 15 is 0 Å². The van der Waals surface area contributed by atoms with E-state index in [-0.39, 0.29) is 0 Å². The Morgan fingerprint density at radius 2 is 1.73 bits per heavy atom. The molecule has 26 heavy (non-hydrogen) atoms. The first-order valence-electron chi connectivity index (χ1n) is 8.27. The van der Waals surface area contributed by atoms with Gasteiger partial charge in [0.2, 0.25) is 10.0 Å². The molecule has 132 valence electrons. The number of para-hydroxylation sites is 2.